The average molecular weight is 262 g/mol. The average Bonchev–Trinajstić information content (AvgIpc) is 2.43. The predicted octanol–water partition coefficient (Wildman–Crippen LogP) is 4.28. The Morgan fingerprint density at radius 1 is 1.26 bits per heavy atom. The van der Waals surface area contributed by atoms with Gasteiger partial charge in [0.05, 0.1) is 18.3 Å². The Hall–Kier alpha value is -1.71. The van der Waals surface area contributed by atoms with E-state index in [1.54, 1.807) is 0 Å². The third-order valence-corrected chi connectivity index (χ3v) is 2.68. The normalized spacial score (nSPS) is 12.5. The van der Waals surface area contributed by atoms with Gasteiger partial charge >= 0.3 is 5.97 Å². The molecule has 0 aliphatic rings. The molecule has 4 heteroatoms. The van der Waals surface area contributed by atoms with Gasteiger partial charge in [-0.2, -0.15) is 10.2 Å². The number of rotatable bonds is 8. The standard InChI is InChI=1S/C15H22N2O2/c1-3-19-15(18)12-8-7-9-13(2)16-17-14-10-5-4-6-11-14/h4-6,10-11,13H,3,7-9,12H2,1-2H3/t13-/m1/s1. The lowest BCUT2D eigenvalue weighted by Crippen LogP contribution is -2.04. The monoisotopic (exact) mass is 262 g/mol. The number of unbranched alkanes of at least 4 members (excludes halogenated alkanes) is 1. The van der Waals surface area contributed by atoms with Gasteiger partial charge in [-0.25, -0.2) is 0 Å². The maximum absolute atomic E-state index is 11.1. The molecule has 1 aromatic rings. The molecule has 0 heterocycles. The number of nitrogens with zero attached hydrogens (tertiary/aromatic N) is 2. The molecule has 0 saturated heterocycles. The van der Waals surface area contributed by atoms with Gasteiger partial charge in [0.1, 0.15) is 0 Å². The van der Waals surface area contributed by atoms with Crippen LogP contribution in [0.25, 0.3) is 0 Å². The number of esters is 1. The Labute approximate surface area is 114 Å². The topological polar surface area (TPSA) is 51.0 Å². The quantitative estimate of drug-likeness (QED) is 0.399. The number of hydrogen-bond donors (Lipinski definition) is 0. The van der Waals surface area contributed by atoms with Gasteiger partial charge in [-0.05, 0) is 38.8 Å². The minimum Gasteiger partial charge on any atom is -0.466 e. The van der Waals surface area contributed by atoms with Crippen LogP contribution < -0.4 is 0 Å². The largest absolute Gasteiger partial charge is 0.466 e. The smallest absolute Gasteiger partial charge is 0.305 e. The summed E-state index contributed by atoms with van der Waals surface area (Å²) in [6.07, 6.45) is 3.25. The van der Waals surface area contributed by atoms with Gasteiger partial charge in [0.15, 0.2) is 0 Å². The molecule has 0 spiro atoms. The molecule has 0 bridgehead atoms. The van der Waals surface area contributed by atoms with Crippen molar-refractivity contribution >= 4 is 11.7 Å². The molecule has 0 amide bonds. The molecular weight excluding hydrogens is 240 g/mol. The molecule has 0 N–H and O–H groups in total. The number of hydrogen-bond acceptors (Lipinski definition) is 4. The van der Waals surface area contributed by atoms with Crippen LogP contribution in [-0.4, -0.2) is 18.6 Å². The first-order valence-electron chi connectivity index (χ1n) is 6.84. The molecule has 19 heavy (non-hydrogen) atoms. The SMILES string of the molecule is CCOC(=O)CCCC[C@@H](C)N=Nc1ccccc1. The summed E-state index contributed by atoms with van der Waals surface area (Å²) in [5.41, 5.74) is 0.876. The molecule has 1 atom stereocenters. The summed E-state index contributed by atoms with van der Waals surface area (Å²) in [5, 5.41) is 8.44. The first-order chi connectivity index (χ1) is 9.22. The second kappa shape index (κ2) is 9.25. The van der Waals surface area contributed by atoms with E-state index in [-0.39, 0.29) is 12.0 Å². The van der Waals surface area contributed by atoms with E-state index >= 15 is 0 Å². The van der Waals surface area contributed by atoms with Gasteiger partial charge in [-0.15, -0.1) is 0 Å². The van der Waals surface area contributed by atoms with Crippen molar-refractivity contribution < 1.29 is 9.53 Å². The van der Waals surface area contributed by atoms with E-state index in [0.29, 0.717) is 13.0 Å². The molecule has 0 aliphatic carbocycles. The first kappa shape index (κ1) is 15.3. The van der Waals surface area contributed by atoms with Crippen molar-refractivity contribution in [3.8, 4) is 0 Å². The Morgan fingerprint density at radius 2 is 2.00 bits per heavy atom. The van der Waals surface area contributed by atoms with Crippen LogP contribution in [0.3, 0.4) is 0 Å². The van der Waals surface area contributed by atoms with Gasteiger partial charge < -0.3 is 4.74 Å². The molecule has 0 aliphatic heterocycles. The van der Waals surface area contributed by atoms with Crippen LogP contribution >= 0.6 is 0 Å². The zero-order valence-corrected chi connectivity index (χ0v) is 11.7. The fraction of sp³-hybridized carbons (Fsp3) is 0.533. The summed E-state index contributed by atoms with van der Waals surface area (Å²) in [5.74, 6) is -0.110. The molecule has 0 saturated carbocycles. The Morgan fingerprint density at radius 3 is 2.68 bits per heavy atom. The summed E-state index contributed by atoms with van der Waals surface area (Å²) in [4.78, 5) is 11.1. The van der Waals surface area contributed by atoms with Crippen molar-refractivity contribution in [2.24, 2.45) is 10.2 Å². The highest BCUT2D eigenvalue weighted by Gasteiger charge is 2.03. The van der Waals surface area contributed by atoms with Crippen LogP contribution in [-0.2, 0) is 9.53 Å². The zero-order chi connectivity index (χ0) is 13.9. The summed E-state index contributed by atoms with van der Waals surface area (Å²) in [6, 6.07) is 9.88. The molecule has 1 aromatic carbocycles. The van der Waals surface area contributed by atoms with Gasteiger partial charge in [0.25, 0.3) is 0 Å². The fourth-order valence-corrected chi connectivity index (χ4v) is 1.66. The summed E-state index contributed by atoms with van der Waals surface area (Å²) < 4.78 is 4.87. The Bertz CT molecular complexity index is 390. The summed E-state index contributed by atoms with van der Waals surface area (Å²) >= 11 is 0. The van der Waals surface area contributed by atoms with Crippen LogP contribution in [0, 0.1) is 0 Å². The first-order valence-corrected chi connectivity index (χ1v) is 6.84. The Balaban J connectivity index is 2.16. The van der Waals surface area contributed by atoms with Crippen molar-refractivity contribution in [3.05, 3.63) is 30.3 Å². The predicted molar refractivity (Wildman–Crippen MR) is 75.5 cm³/mol. The highest BCUT2D eigenvalue weighted by molar-refractivity contribution is 5.69. The lowest BCUT2D eigenvalue weighted by Gasteiger charge is -2.04. The number of carbonyl (C=O) groups excluding carboxylic acids is 1. The molecule has 0 aromatic heterocycles. The summed E-state index contributed by atoms with van der Waals surface area (Å²) in [6.45, 7) is 4.32. The molecule has 1 rings (SSSR count). The van der Waals surface area contributed by atoms with E-state index in [9.17, 15) is 4.79 Å². The van der Waals surface area contributed by atoms with E-state index in [4.69, 9.17) is 4.74 Å². The van der Waals surface area contributed by atoms with E-state index in [1.165, 1.54) is 0 Å². The second-order valence-corrected chi connectivity index (χ2v) is 4.45. The van der Waals surface area contributed by atoms with Gasteiger partial charge in [0.2, 0.25) is 0 Å². The maximum Gasteiger partial charge on any atom is 0.305 e. The minimum atomic E-state index is -0.110. The number of azo groups is 1. The van der Waals surface area contributed by atoms with Crippen molar-refractivity contribution in [3.63, 3.8) is 0 Å². The van der Waals surface area contributed by atoms with Crippen LogP contribution in [0.1, 0.15) is 39.5 Å². The van der Waals surface area contributed by atoms with E-state index in [0.717, 1.165) is 24.9 Å². The van der Waals surface area contributed by atoms with Gasteiger partial charge in [-0.3, -0.25) is 4.79 Å². The molecule has 4 nitrogen and oxygen atoms in total. The maximum atomic E-state index is 11.1. The van der Waals surface area contributed by atoms with Gasteiger partial charge in [0, 0.05) is 6.42 Å². The summed E-state index contributed by atoms with van der Waals surface area (Å²) in [7, 11) is 0. The third kappa shape index (κ3) is 7.34. The third-order valence-electron chi connectivity index (χ3n) is 2.68. The number of benzene rings is 1. The number of carbonyl (C=O) groups is 1. The lowest BCUT2D eigenvalue weighted by atomic mass is 10.1. The molecule has 0 radical (unpaired) electrons. The molecule has 104 valence electrons. The fourth-order valence-electron chi connectivity index (χ4n) is 1.66. The Kier molecular flexibility index (Phi) is 7.47. The van der Waals surface area contributed by atoms with E-state index in [2.05, 4.69) is 10.2 Å². The highest BCUT2D eigenvalue weighted by Crippen LogP contribution is 2.13. The number of ether oxygens (including phenoxy) is 1. The zero-order valence-electron chi connectivity index (χ0n) is 11.7. The van der Waals surface area contributed by atoms with E-state index in [1.807, 2.05) is 44.2 Å². The highest BCUT2D eigenvalue weighted by atomic mass is 16.5. The van der Waals surface area contributed by atoms with Crippen LogP contribution in [0.2, 0.25) is 0 Å². The van der Waals surface area contributed by atoms with Crippen molar-refractivity contribution in [2.75, 3.05) is 6.61 Å². The van der Waals surface area contributed by atoms with Crippen molar-refractivity contribution in [2.45, 2.75) is 45.6 Å². The lowest BCUT2D eigenvalue weighted by molar-refractivity contribution is -0.143. The van der Waals surface area contributed by atoms with Crippen LogP contribution in [0.5, 0.6) is 0 Å². The van der Waals surface area contributed by atoms with Crippen LogP contribution in [0.15, 0.2) is 40.6 Å². The minimum absolute atomic E-state index is 0.110. The molecular formula is C15H22N2O2. The molecule has 0 unspecified atom stereocenters. The van der Waals surface area contributed by atoms with Crippen molar-refractivity contribution in [1.29, 1.82) is 0 Å². The second-order valence-electron chi connectivity index (χ2n) is 4.45. The van der Waals surface area contributed by atoms with Crippen molar-refractivity contribution in [1.82, 2.24) is 0 Å². The van der Waals surface area contributed by atoms with E-state index < -0.39 is 0 Å². The van der Waals surface area contributed by atoms with Gasteiger partial charge in [-0.1, -0.05) is 24.6 Å². The van der Waals surface area contributed by atoms with Crippen LogP contribution in [0.4, 0.5) is 5.69 Å². The molecule has 0 fully saturated rings.